The second kappa shape index (κ2) is 3.66. The minimum atomic E-state index is 0.223. The van der Waals surface area contributed by atoms with Crippen LogP contribution in [0.1, 0.15) is 32.0 Å². The Bertz CT molecular complexity index is 492. The number of nitrogens with zero attached hydrogens (tertiary/aromatic N) is 4. The molecule has 0 fully saturated rings. The van der Waals surface area contributed by atoms with Gasteiger partial charge in [-0.2, -0.15) is 0 Å². The molecule has 2 N–H and O–H groups in total. The van der Waals surface area contributed by atoms with E-state index in [1.807, 2.05) is 0 Å². The highest BCUT2D eigenvalue weighted by Crippen LogP contribution is 2.23. The third-order valence-electron chi connectivity index (χ3n) is 2.44. The van der Waals surface area contributed by atoms with E-state index in [2.05, 4.69) is 28.9 Å². The Kier molecular flexibility index (Phi) is 2.48. The number of aromatic nitrogens is 4. The number of hydrogen-bond donors (Lipinski definition) is 1. The summed E-state index contributed by atoms with van der Waals surface area (Å²) in [6.45, 7) is 4.16. The van der Waals surface area contributed by atoms with Gasteiger partial charge < -0.3 is 5.73 Å². The third kappa shape index (κ3) is 1.63. The highest BCUT2D eigenvalue weighted by atomic mass is 35.5. The van der Waals surface area contributed by atoms with E-state index in [0.29, 0.717) is 16.6 Å². The molecule has 0 bridgehead atoms. The van der Waals surface area contributed by atoms with Gasteiger partial charge in [-0.3, -0.25) is 0 Å². The maximum absolute atomic E-state index is 5.98. The second-order valence-corrected chi connectivity index (χ2v) is 3.84. The average molecular weight is 226 g/mol. The lowest BCUT2D eigenvalue weighted by Gasteiger charge is -2.05. The van der Waals surface area contributed by atoms with Gasteiger partial charge >= 0.3 is 0 Å². The molecular weight excluding hydrogens is 214 g/mol. The number of nitrogen functional groups attached to an aromatic ring is 1. The number of nitrogens with two attached hydrogens (primary N) is 1. The highest BCUT2D eigenvalue weighted by Gasteiger charge is 2.15. The predicted octanol–water partition coefficient (Wildman–Crippen LogP) is 1.87. The molecule has 15 heavy (non-hydrogen) atoms. The van der Waals surface area contributed by atoms with Crippen LogP contribution in [0.15, 0.2) is 6.20 Å². The summed E-state index contributed by atoms with van der Waals surface area (Å²) >= 11 is 5.98. The Morgan fingerprint density at radius 2 is 2.33 bits per heavy atom. The van der Waals surface area contributed by atoms with Crippen LogP contribution in [0.5, 0.6) is 0 Å². The van der Waals surface area contributed by atoms with Crippen LogP contribution >= 0.6 is 11.6 Å². The number of imidazole rings is 1. The number of fused-ring (bicyclic) bond motifs is 1. The van der Waals surface area contributed by atoms with Gasteiger partial charge in [0.05, 0.1) is 6.20 Å². The van der Waals surface area contributed by atoms with E-state index in [1.54, 1.807) is 10.7 Å². The number of halogens is 1. The fraction of sp³-hybridized carbons (Fsp3) is 0.444. The first kappa shape index (κ1) is 10.2. The molecule has 0 amide bonds. The average Bonchev–Trinajstić information content (AvgIpc) is 2.54. The van der Waals surface area contributed by atoms with Crippen molar-refractivity contribution in [1.82, 2.24) is 19.6 Å². The zero-order valence-electron chi connectivity index (χ0n) is 8.61. The lowest BCUT2D eigenvalue weighted by molar-refractivity contribution is 0.652. The Hall–Kier alpha value is -1.36. The lowest BCUT2D eigenvalue weighted by atomic mass is 10.1. The van der Waals surface area contributed by atoms with Gasteiger partial charge in [0.15, 0.2) is 5.15 Å². The molecule has 0 aliphatic rings. The van der Waals surface area contributed by atoms with Gasteiger partial charge in [0, 0.05) is 5.92 Å². The van der Waals surface area contributed by atoms with Crippen LogP contribution in [0, 0.1) is 0 Å². The van der Waals surface area contributed by atoms with Gasteiger partial charge in [0.1, 0.15) is 11.3 Å². The Labute approximate surface area is 92.3 Å². The lowest BCUT2D eigenvalue weighted by Crippen LogP contribution is -2.06. The molecule has 0 aromatic carbocycles. The molecule has 0 radical (unpaired) electrons. The van der Waals surface area contributed by atoms with Crippen molar-refractivity contribution in [2.24, 2.45) is 0 Å². The Morgan fingerprint density at radius 3 is 3.00 bits per heavy atom. The Balaban J connectivity index is 2.69. The first-order valence-electron chi connectivity index (χ1n) is 4.80. The summed E-state index contributed by atoms with van der Waals surface area (Å²) in [5, 5.41) is 4.52. The highest BCUT2D eigenvalue weighted by molar-refractivity contribution is 6.32. The molecule has 1 unspecified atom stereocenters. The van der Waals surface area contributed by atoms with Crippen molar-refractivity contribution in [3.05, 3.63) is 17.2 Å². The number of rotatable bonds is 2. The standard InChI is InChI=1S/C9H12ClN5/c1-3-5(2)8-13-7(10)6-4-12-9(11)14-15(6)8/h4-5H,3H2,1-2H3,(H2,11,14). The molecule has 2 rings (SSSR count). The molecule has 1 atom stereocenters. The zero-order valence-corrected chi connectivity index (χ0v) is 9.36. The second-order valence-electron chi connectivity index (χ2n) is 3.48. The van der Waals surface area contributed by atoms with Gasteiger partial charge in [-0.05, 0) is 6.42 Å². The number of anilines is 1. The molecule has 0 aliphatic heterocycles. The summed E-state index contributed by atoms with van der Waals surface area (Å²) in [5.41, 5.74) is 6.23. The van der Waals surface area contributed by atoms with Crippen LogP contribution in [0.4, 0.5) is 5.95 Å². The van der Waals surface area contributed by atoms with Crippen LogP contribution in [-0.2, 0) is 0 Å². The molecular formula is C9H12ClN5. The van der Waals surface area contributed by atoms with Crippen LogP contribution in [0.2, 0.25) is 5.15 Å². The van der Waals surface area contributed by atoms with Crippen molar-refractivity contribution >= 4 is 23.1 Å². The van der Waals surface area contributed by atoms with Crippen molar-refractivity contribution < 1.29 is 0 Å². The van der Waals surface area contributed by atoms with Gasteiger partial charge in [0.25, 0.3) is 0 Å². The first-order chi connectivity index (χ1) is 7.13. The molecule has 2 aromatic rings. The van der Waals surface area contributed by atoms with Crippen LogP contribution < -0.4 is 5.73 Å². The topological polar surface area (TPSA) is 69.1 Å². The van der Waals surface area contributed by atoms with E-state index in [9.17, 15) is 0 Å². The summed E-state index contributed by atoms with van der Waals surface area (Å²) in [5.74, 6) is 1.34. The van der Waals surface area contributed by atoms with Crippen molar-refractivity contribution in [2.75, 3.05) is 5.73 Å². The van der Waals surface area contributed by atoms with Crippen molar-refractivity contribution in [3.8, 4) is 0 Å². The van der Waals surface area contributed by atoms with Gasteiger partial charge in [-0.1, -0.05) is 25.4 Å². The minimum Gasteiger partial charge on any atom is -0.367 e. The number of hydrogen-bond acceptors (Lipinski definition) is 4. The van der Waals surface area contributed by atoms with E-state index in [4.69, 9.17) is 17.3 Å². The SMILES string of the molecule is CCC(C)c1nc(Cl)c2cnc(N)nn12. The summed E-state index contributed by atoms with van der Waals surface area (Å²) in [7, 11) is 0. The Morgan fingerprint density at radius 1 is 1.60 bits per heavy atom. The van der Waals surface area contributed by atoms with Gasteiger partial charge in [-0.25, -0.2) is 14.5 Å². The molecule has 2 heterocycles. The molecule has 80 valence electrons. The summed E-state index contributed by atoms with van der Waals surface area (Å²) in [6.07, 6.45) is 2.56. The molecule has 2 aromatic heterocycles. The van der Waals surface area contributed by atoms with Crippen LogP contribution in [0.3, 0.4) is 0 Å². The fourth-order valence-corrected chi connectivity index (χ4v) is 1.60. The monoisotopic (exact) mass is 225 g/mol. The van der Waals surface area contributed by atoms with Crippen molar-refractivity contribution in [1.29, 1.82) is 0 Å². The molecule has 5 nitrogen and oxygen atoms in total. The van der Waals surface area contributed by atoms with Gasteiger partial charge in [-0.15, -0.1) is 5.10 Å². The van der Waals surface area contributed by atoms with Crippen molar-refractivity contribution in [2.45, 2.75) is 26.2 Å². The van der Waals surface area contributed by atoms with E-state index in [0.717, 1.165) is 12.2 Å². The first-order valence-corrected chi connectivity index (χ1v) is 5.18. The molecule has 0 aliphatic carbocycles. The molecule has 0 saturated carbocycles. The maximum Gasteiger partial charge on any atom is 0.238 e. The molecule has 0 spiro atoms. The smallest absolute Gasteiger partial charge is 0.238 e. The summed E-state index contributed by atoms with van der Waals surface area (Å²) < 4.78 is 1.67. The van der Waals surface area contributed by atoms with Gasteiger partial charge in [0.2, 0.25) is 5.95 Å². The van der Waals surface area contributed by atoms with E-state index < -0.39 is 0 Å². The summed E-state index contributed by atoms with van der Waals surface area (Å²) in [6, 6.07) is 0. The minimum absolute atomic E-state index is 0.223. The summed E-state index contributed by atoms with van der Waals surface area (Å²) in [4.78, 5) is 8.16. The fourth-order valence-electron chi connectivity index (χ4n) is 1.39. The van der Waals surface area contributed by atoms with E-state index in [-0.39, 0.29) is 5.95 Å². The zero-order chi connectivity index (χ0) is 11.0. The largest absolute Gasteiger partial charge is 0.367 e. The molecule has 0 saturated heterocycles. The van der Waals surface area contributed by atoms with Crippen molar-refractivity contribution in [3.63, 3.8) is 0 Å². The van der Waals surface area contributed by atoms with E-state index in [1.165, 1.54) is 0 Å². The normalized spacial score (nSPS) is 13.3. The quantitative estimate of drug-likeness (QED) is 0.847. The molecule has 6 heteroatoms. The van der Waals surface area contributed by atoms with Crippen LogP contribution in [-0.4, -0.2) is 19.6 Å². The maximum atomic E-state index is 5.98. The predicted molar refractivity (Wildman–Crippen MR) is 58.9 cm³/mol. The van der Waals surface area contributed by atoms with E-state index >= 15 is 0 Å². The van der Waals surface area contributed by atoms with Crippen LogP contribution in [0.25, 0.3) is 5.52 Å². The third-order valence-corrected chi connectivity index (χ3v) is 2.72.